The molecule has 0 bridgehead atoms. The molecule has 0 radical (unpaired) electrons. The van der Waals surface area contributed by atoms with Crippen LogP contribution >= 0.6 is 11.8 Å². The number of amides is 1. The Morgan fingerprint density at radius 3 is 3.10 bits per heavy atom. The van der Waals surface area contributed by atoms with Gasteiger partial charge in [-0.3, -0.25) is 9.59 Å². The summed E-state index contributed by atoms with van der Waals surface area (Å²) >= 11 is 1.60. The van der Waals surface area contributed by atoms with Gasteiger partial charge in [-0.25, -0.2) is 4.98 Å². The molecule has 20 heavy (non-hydrogen) atoms. The molecule has 1 aromatic heterocycles. The first-order valence-electron chi connectivity index (χ1n) is 6.69. The van der Waals surface area contributed by atoms with Crippen molar-refractivity contribution < 1.29 is 14.3 Å². The van der Waals surface area contributed by atoms with E-state index in [1.165, 1.54) is 7.11 Å². The number of unbranched alkanes of at least 4 members (excludes halogenated alkanes) is 2. The molecular weight excluding hydrogens is 278 g/mol. The Morgan fingerprint density at radius 1 is 1.55 bits per heavy atom. The lowest BCUT2D eigenvalue weighted by Gasteiger charge is -2.22. The molecule has 0 spiro atoms. The molecular formula is C13H19N3O3S. The molecule has 1 atom stereocenters. The van der Waals surface area contributed by atoms with E-state index in [4.69, 9.17) is 0 Å². The molecule has 1 aliphatic heterocycles. The van der Waals surface area contributed by atoms with Crippen molar-refractivity contribution in [3.8, 4) is 0 Å². The van der Waals surface area contributed by atoms with Gasteiger partial charge in [0.25, 0.3) is 0 Å². The van der Waals surface area contributed by atoms with E-state index in [9.17, 15) is 9.59 Å². The third-order valence-electron chi connectivity index (χ3n) is 3.23. The number of nitrogens with one attached hydrogen (secondary N) is 1. The third kappa shape index (κ3) is 3.75. The number of ether oxygens (including phenoxy) is 1. The van der Waals surface area contributed by atoms with Crippen LogP contribution in [0.25, 0.3) is 0 Å². The fourth-order valence-corrected chi connectivity index (χ4v) is 3.32. The molecule has 1 amide bonds. The number of aromatic nitrogens is 2. The van der Waals surface area contributed by atoms with Gasteiger partial charge < -0.3 is 14.6 Å². The van der Waals surface area contributed by atoms with E-state index in [0.717, 1.165) is 25.1 Å². The van der Waals surface area contributed by atoms with Gasteiger partial charge in [-0.05, 0) is 12.8 Å². The van der Waals surface area contributed by atoms with Crippen LogP contribution in [-0.4, -0.2) is 46.2 Å². The van der Waals surface area contributed by atoms with Crippen LogP contribution in [0.15, 0.2) is 12.4 Å². The van der Waals surface area contributed by atoms with Crippen LogP contribution in [0.3, 0.4) is 0 Å². The van der Waals surface area contributed by atoms with Crippen molar-refractivity contribution in [3.63, 3.8) is 0 Å². The van der Waals surface area contributed by atoms with E-state index in [1.807, 2.05) is 4.90 Å². The van der Waals surface area contributed by atoms with Crippen LogP contribution in [0.4, 0.5) is 0 Å². The summed E-state index contributed by atoms with van der Waals surface area (Å²) in [6.07, 6.45) is 6.52. The molecule has 2 rings (SSSR count). The van der Waals surface area contributed by atoms with Gasteiger partial charge in [0.1, 0.15) is 11.2 Å². The third-order valence-corrected chi connectivity index (χ3v) is 4.44. The number of rotatable bonds is 7. The average molecular weight is 297 g/mol. The zero-order chi connectivity index (χ0) is 14.4. The number of nitrogens with zero attached hydrogens (tertiary/aromatic N) is 2. The minimum absolute atomic E-state index is 0.00175. The predicted molar refractivity (Wildman–Crippen MR) is 76.0 cm³/mol. The molecule has 1 fully saturated rings. The Hall–Kier alpha value is -1.50. The molecule has 1 aliphatic rings. The Balaban J connectivity index is 1.75. The van der Waals surface area contributed by atoms with E-state index >= 15 is 0 Å². The number of H-pyrrole nitrogens is 1. The highest BCUT2D eigenvalue weighted by Crippen LogP contribution is 2.36. The molecule has 1 unspecified atom stereocenters. The van der Waals surface area contributed by atoms with Crippen LogP contribution < -0.4 is 0 Å². The topological polar surface area (TPSA) is 75.3 Å². The van der Waals surface area contributed by atoms with Gasteiger partial charge in [0, 0.05) is 25.4 Å². The molecule has 0 aliphatic carbocycles. The van der Waals surface area contributed by atoms with Crippen molar-refractivity contribution >= 4 is 23.6 Å². The Kier molecular flexibility index (Phi) is 5.46. The fourth-order valence-electron chi connectivity index (χ4n) is 2.17. The monoisotopic (exact) mass is 297 g/mol. The molecule has 7 heteroatoms. The van der Waals surface area contributed by atoms with Gasteiger partial charge in [0.05, 0.1) is 12.9 Å². The molecule has 0 aromatic carbocycles. The van der Waals surface area contributed by atoms with Crippen LogP contribution in [0.1, 0.15) is 36.9 Å². The Morgan fingerprint density at radius 2 is 2.40 bits per heavy atom. The lowest BCUT2D eigenvalue weighted by molar-refractivity contribution is -0.140. The van der Waals surface area contributed by atoms with E-state index in [1.54, 1.807) is 24.2 Å². The number of thioether (sulfide) groups is 1. The van der Waals surface area contributed by atoms with Gasteiger partial charge in [-0.1, -0.05) is 6.42 Å². The highest BCUT2D eigenvalue weighted by Gasteiger charge is 2.33. The normalized spacial score (nSPS) is 18.6. The maximum Gasteiger partial charge on any atom is 0.305 e. The molecule has 6 nitrogen and oxygen atoms in total. The second-order valence-corrected chi connectivity index (χ2v) is 5.68. The summed E-state index contributed by atoms with van der Waals surface area (Å²) in [5.74, 6) is 1.32. The maximum atomic E-state index is 11.9. The Labute approximate surface area is 122 Å². The van der Waals surface area contributed by atoms with Crippen molar-refractivity contribution in [2.45, 2.75) is 31.1 Å². The largest absolute Gasteiger partial charge is 0.469 e. The summed E-state index contributed by atoms with van der Waals surface area (Å²) in [5, 5.41) is -0.00175. The molecule has 1 saturated heterocycles. The summed E-state index contributed by atoms with van der Waals surface area (Å²) in [5.41, 5.74) is 0. The Bertz CT molecular complexity index is 450. The lowest BCUT2D eigenvalue weighted by atomic mass is 10.2. The SMILES string of the molecule is COC(=O)CCCCCN1C(=O)CSC1c1ncc[nH]1. The number of aromatic amines is 1. The zero-order valence-corrected chi connectivity index (χ0v) is 12.3. The highest BCUT2D eigenvalue weighted by molar-refractivity contribution is 8.00. The number of carbonyl (C=O) groups is 2. The van der Waals surface area contributed by atoms with Crippen molar-refractivity contribution in [3.05, 3.63) is 18.2 Å². The number of imidazole rings is 1. The number of esters is 1. The van der Waals surface area contributed by atoms with E-state index in [-0.39, 0.29) is 17.3 Å². The number of hydrogen-bond acceptors (Lipinski definition) is 5. The summed E-state index contributed by atoms with van der Waals surface area (Å²) in [7, 11) is 1.40. The maximum absolute atomic E-state index is 11.9. The van der Waals surface area contributed by atoms with Crippen LogP contribution in [0.2, 0.25) is 0 Å². The average Bonchev–Trinajstić information content (AvgIpc) is 3.08. The zero-order valence-electron chi connectivity index (χ0n) is 11.5. The molecule has 0 saturated carbocycles. The highest BCUT2D eigenvalue weighted by atomic mass is 32.2. The number of carbonyl (C=O) groups excluding carboxylic acids is 2. The second-order valence-electron chi connectivity index (χ2n) is 4.61. The van der Waals surface area contributed by atoms with Crippen LogP contribution in [0, 0.1) is 0 Å². The van der Waals surface area contributed by atoms with Gasteiger partial charge in [-0.2, -0.15) is 0 Å². The first-order chi connectivity index (χ1) is 9.72. The van der Waals surface area contributed by atoms with Gasteiger partial charge in [0.2, 0.25) is 5.91 Å². The molecule has 1 aromatic rings. The quantitative estimate of drug-likeness (QED) is 0.612. The summed E-state index contributed by atoms with van der Waals surface area (Å²) in [4.78, 5) is 32.0. The van der Waals surface area contributed by atoms with Crippen molar-refractivity contribution in [1.82, 2.24) is 14.9 Å². The van der Waals surface area contributed by atoms with Gasteiger partial charge in [-0.15, -0.1) is 11.8 Å². The van der Waals surface area contributed by atoms with E-state index < -0.39 is 0 Å². The fraction of sp³-hybridized carbons (Fsp3) is 0.615. The van der Waals surface area contributed by atoms with Crippen LogP contribution in [0.5, 0.6) is 0 Å². The first kappa shape index (κ1) is 14.9. The second kappa shape index (κ2) is 7.33. The number of methoxy groups -OCH3 is 1. The summed E-state index contributed by atoms with van der Waals surface area (Å²) < 4.78 is 4.59. The first-order valence-corrected chi connectivity index (χ1v) is 7.74. The molecule has 1 N–H and O–H groups in total. The lowest BCUT2D eigenvalue weighted by Crippen LogP contribution is -2.29. The summed E-state index contributed by atoms with van der Waals surface area (Å²) in [6, 6.07) is 0. The van der Waals surface area contributed by atoms with Crippen molar-refractivity contribution in [2.75, 3.05) is 19.4 Å². The van der Waals surface area contributed by atoms with Crippen molar-refractivity contribution in [1.29, 1.82) is 0 Å². The predicted octanol–water partition coefficient (Wildman–Crippen LogP) is 1.72. The van der Waals surface area contributed by atoms with Crippen molar-refractivity contribution in [2.24, 2.45) is 0 Å². The van der Waals surface area contributed by atoms with Gasteiger partial charge >= 0.3 is 5.97 Å². The van der Waals surface area contributed by atoms with Gasteiger partial charge in [0.15, 0.2) is 0 Å². The number of hydrogen-bond donors (Lipinski definition) is 1. The molecule has 2 heterocycles. The van der Waals surface area contributed by atoms with Crippen LogP contribution in [-0.2, 0) is 14.3 Å². The minimum Gasteiger partial charge on any atom is -0.469 e. The smallest absolute Gasteiger partial charge is 0.305 e. The summed E-state index contributed by atoms with van der Waals surface area (Å²) in [6.45, 7) is 0.707. The minimum atomic E-state index is -0.175. The standard InChI is InChI=1S/C13H19N3O3S/c1-19-11(18)5-3-2-4-8-16-10(17)9-20-13(16)12-14-6-7-15-12/h6-7,13H,2-5,8-9H2,1H3,(H,14,15). The molecule has 110 valence electrons. The van der Waals surface area contributed by atoms with E-state index in [0.29, 0.717) is 18.7 Å². The van der Waals surface area contributed by atoms with E-state index in [2.05, 4.69) is 14.7 Å².